The van der Waals surface area contributed by atoms with Crippen LogP contribution in [-0.2, 0) is 6.42 Å². The minimum Gasteiger partial charge on any atom is -0.241 e. The van der Waals surface area contributed by atoms with Crippen LogP contribution in [0.3, 0.4) is 0 Å². The Morgan fingerprint density at radius 2 is 1.90 bits per heavy atom. The maximum absolute atomic E-state index is 13.7. The number of para-hydroxylation sites is 1. The number of benzene rings is 2. The van der Waals surface area contributed by atoms with Crippen molar-refractivity contribution < 1.29 is 8.78 Å². The summed E-state index contributed by atoms with van der Waals surface area (Å²) in [6.07, 6.45) is 0.528. The van der Waals surface area contributed by atoms with Gasteiger partial charge in [-0.25, -0.2) is 13.8 Å². The van der Waals surface area contributed by atoms with E-state index in [1.807, 2.05) is 24.3 Å². The second-order valence-corrected chi connectivity index (χ2v) is 6.61. The molecule has 0 saturated carbocycles. The molecule has 1 heterocycles. The summed E-state index contributed by atoms with van der Waals surface area (Å²) in [4.78, 5) is 4.21. The number of halogens is 3. The molecule has 0 amide bonds. The highest BCUT2D eigenvalue weighted by molar-refractivity contribution is 9.09. The minimum absolute atomic E-state index is 0.293. The highest BCUT2D eigenvalue weighted by Gasteiger charge is 2.17. The van der Waals surface area contributed by atoms with Gasteiger partial charge >= 0.3 is 0 Å². The quantitative estimate of drug-likeness (QED) is 0.585. The predicted octanol–water partition coefficient (Wildman–Crippen LogP) is 5.25. The number of hydrogen-bond donors (Lipinski definition) is 0. The summed E-state index contributed by atoms with van der Waals surface area (Å²) in [5.74, 6) is -1.62. The summed E-state index contributed by atoms with van der Waals surface area (Å²) in [5, 5.41) is 0.900. The Morgan fingerprint density at radius 1 is 1.10 bits per heavy atom. The zero-order valence-electron chi connectivity index (χ0n) is 10.3. The van der Waals surface area contributed by atoms with Crippen molar-refractivity contribution in [3.8, 4) is 0 Å². The van der Waals surface area contributed by atoms with E-state index >= 15 is 0 Å². The van der Waals surface area contributed by atoms with Crippen molar-refractivity contribution in [1.82, 2.24) is 4.98 Å². The molecule has 0 bridgehead atoms. The van der Waals surface area contributed by atoms with Crippen LogP contribution in [0.4, 0.5) is 8.78 Å². The predicted molar refractivity (Wildman–Crippen MR) is 81.4 cm³/mol. The fourth-order valence-corrected chi connectivity index (χ4v) is 3.92. The third-order valence-corrected chi connectivity index (χ3v) is 4.89. The van der Waals surface area contributed by atoms with Gasteiger partial charge in [0.1, 0.15) is 0 Å². The van der Waals surface area contributed by atoms with Gasteiger partial charge in [0.2, 0.25) is 0 Å². The maximum atomic E-state index is 13.7. The third-order valence-electron chi connectivity index (χ3n) is 3.01. The number of hydrogen-bond acceptors (Lipinski definition) is 2. The van der Waals surface area contributed by atoms with E-state index in [1.165, 1.54) is 6.07 Å². The van der Waals surface area contributed by atoms with Gasteiger partial charge < -0.3 is 0 Å². The average molecular weight is 354 g/mol. The van der Waals surface area contributed by atoms with Gasteiger partial charge in [0.05, 0.1) is 15.2 Å². The van der Waals surface area contributed by atoms with Gasteiger partial charge in [0.25, 0.3) is 0 Å². The van der Waals surface area contributed by atoms with E-state index in [4.69, 9.17) is 0 Å². The number of thiazole rings is 1. The Hall–Kier alpha value is -1.33. The molecule has 1 unspecified atom stereocenters. The van der Waals surface area contributed by atoms with Crippen LogP contribution in [0.1, 0.15) is 15.4 Å². The lowest BCUT2D eigenvalue weighted by molar-refractivity contribution is 0.498. The van der Waals surface area contributed by atoms with Gasteiger partial charge in [-0.3, -0.25) is 0 Å². The molecule has 1 atom stereocenters. The van der Waals surface area contributed by atoms with E-state index in [0.717, 1.165) is 21.3 Å². The average Bonchev–Trinajstić information content (AvgIpc) is 2.83. The molecule has 20 heavy (non-hydrogen) atoms. The molecular weight excluding hydrogens is 344 g/mol. The standard InChI is InChI=1S/C15H10BrF2NS/c16-10(9-4-3-5-11(17)15(9)18)8-14-19-12-6-1-2-7-13(12)20-14/h1-7,10H,8H2. The molecule has 3 aromatic rings. The number of alkyl halides is 1. The molecule has 3 rings (SSSR count). The maximum Gasteiger partial charge on any atom is 0.163 e. The number of nitrogens with zero attached hydrogens (tertiary/aromatic N) is 1. The SMILES string of the molecule is Fc1cccc(C(Br)Cc2nc3ccccc3s2)c1F. The number of aromatic nitrogens is 1. The highest BCUT2D eigenvalue weighted by Crippen LogP contribution is 2.32. The van der Waals surface area contributed by atoms with Gasteiger partial charge in [-0.15, -0.1) is 11.3 Å². The second kappa shape index (κ2) is 5.58. The molecule has 1 aromatic heterocycles. The van der Waals surface area contributed by atoms with Crippen LogP contribution >= 0.6 is 27.3 Å². The smallest absolute Gasteiger partial charge is 0.163 e. The summed E-state index contributed by atoms with van der Waals surface area (Å²) in [6.45, 7) is 0. The molecule has 2 aromatic carbocycles. The van der Waals surface area contributed by atoms with E-state index in [1.54, 1.807) is 17.4 Å². The zero-order chi connectivity index (χ0) is 14.1. The largest absolute Gasteiger partial charge is 0.241 e. The lowest BCUT2D eigenvalue weighted by atomic mass is 10.1. The molecule has 0 aliphatic heterocycles. The van der Waals surface area contributed by atoms with Crippen molar-refractivity contribution in [1.29, 1.82) is 0 Å². The first-order valence-electron chi connectivity index (χ1n) is 6.07. The lowest BCUT2D eigenvalue weighted by Gasteiger charge is -2.09. The van der Waals surface area contributed by atoms with Crippen LogP contribution in [-0.4, -0.2) is 4.98 Å². The first-order valence-corrected chi connectivity index (χ1v) is 7.81. The summed E-state index contributed by atoms with van der Waals surface area (Å²) in [6, 6.07) is 12.1. The van der Waals surface area contributed by atoms with Gasteiger partial charge in [0, 0.05) is 16.8 Å². The molecule has 0 saturated heterocycles. The second-order valence-electron chi connectivity index (χ2n) is 4.39. The molecule has 5 heteroatoms. The summed E-state index contributed by atoms with van der Waals surface area (Å²) in [7, 11) is 0. The third kappa shape index (κ3) is 2.60. The van der Waals surface area contributed by atoms with Crippen molar-refractivity contribution >= 4 is 37.5 Å². The molecule has 0 aliphatic carbocycles. The molecule has 1 nitrogen and oxygen atoms in total. The van der Waals surface area contributed by atoms with Crippen molar-refractivity contribution in [2.45, 2.75) is 11.2 Å². The van der Waals surface area contributed by atoms with Crippen LogP contribution in [0.2, 0.25) is 0 Å². The van der Waals surface area contributed by atoms with Crippen LogP contribution in [0, 0.1) is 11.6 Å². The Kier molecular flexibility index (Phi) is 3.81. The Balaban J connectivity index is 1.88. The molecule has 0 fully saturated rings. The Labute approximate surface area is 127 Å². The van der Waals surface area contributed by atoms with Crippen LogP contribution in [0.5, 0.6) is 0 Å². The van der Waals surface area contributed by atoms with E-state index in [-0.39, 0.29) is 4.83 Å². The van der Waals surface area contributed by atoms with Crippen LogP contribution in [0.25, 0.3) is 10.2 Å². The molecular formula is C15H10BrF2NS. The highest BCUT2D eigenvalue weighted by atomic mass is 79.9. The van der Waals surface area contributed by atoms with E-state index in [2.05, 4.69) is 20.9 Å². The fraction of sp³-hybridized carbons (Fsp3) is 0.133. The van der Waals surface area contributed by atoms with E-state index in [0.29, 0.717) is 12.0 Å². The van der Waals surface area contributed by atoms with Gasteiger partial charge in [-0.05, 0) is 18.2 Å². The van der Waals surface area contributed by atoms with Crippen LogP contribution in [0.15, 0.2) is 42.5 Å². The molecule has 0 aliphatic rings. The summed E-state index contributed by atoms with van der Waals surface area (Å²) < 4.78 is 28.1. The van der Waals surface area contributed by atoms with Gasteiger partial charge in [-0.2, -0.15) is 0 Å². The van der Waals surface area contributed by atoms with Crippen molar-refractivity contribution in [3.63, 3.8) is 0 Å². The van der Waals surface area contributed by atoms with Crippen molar-refractivity contribution in [2.24, 2.45) is 0 Å². The fourth-order valence-electron chi connectivity index (χ4n) is 2.03. The first kappa shape index (κ1) is 13.6. The molecule has 0 N–H and O–H groups in total. The van der Waals surface area contributed by atoms with Gasteiger partial charge in [-0.1, -0.05) is 40.2 Å². The Bertz CT molecular complexity index is 723. The molecule has 0 spiro atoms. The minimum atomic E-state index is -0.823. The normalized spacial score (nSPS) is 12.8. The van der Waals surface area contributed by atoms with Crippen LogP contribution < -0.4 is 0 Å². The van der Waals surface area contributed by atoms with Crippen molar-refractivity contribution in [3.05, 3.63) is 64.7 Å². The topological polar surface area (TPSA) is 12.9 Å². The van der Waals surface area contributed by atoms with E-state index < -0.39 is 11.6 Å². The molecule has 0 radical (unpaired) electrons. The summed E-state index contributed by atoms with van der Waals surface area (Å²) >= 11 is 5.00. The van der Waals surface area contributed by atoms with Crippen molar-refractivity contribution in [2.75, 3.05) is 0 Å². The number of fused-ring (bicyclic) bond motifs is 1. The van der Waals surface area contributed by atoms with E-state index in [9.17, 15) is 8.78 Å². The monoisotopic (exact) mass is 353 g/mol. The summed E-state index contributed by atoms with van der Waals surface area (Å²) in [5.41, 5.74) is 1.26. The number of rotatable bonds is 3. The zero-order valence-corrected chi connectivity index (χ0v) is 12.7. The van der Waals surface area contributed by atoms with Gasteiger partial charge in [0.15, 0.2) is 11.6 Å². The Morgan fingerprint density at radius 3 is 2.70 bits per heavy atom. The lowest BCUT2D eigenvalue weighted by Crippen LogP contribution is -2.00. The molecule has 102 valence electrons. The first-order chi connectivity index (χ1) is 9.65.